The molecule has 0 aliphatic carbocycles. The summed E-state index contributed by atoms with van der Waals surface area (Å²) >= 11 is 0. The van der Waals surface area contributed by atoms with E-state index in [4.69, 9.17) is 11.5 Å². The molecule has 8 N–H and O–H groups in total. The molecule has 3 amide bonds. The van der Waals surface area contributed by atoms with Crippen LogP contribution in [0.2, 0.25) is 0 Å². The number of nitrogens with two attached hydrogens (primary N) is 2. The molecule has 0 aromatic heterocycles. The van der Waals surface area contributed by atoms with Gasteiger partial charge in [-0.1, -0.05) is 48.9 Å². The van der Waals surface area contributed by atoms with Crippen molar-refractivity contribution < 1.29 is 29.4 Å². The Morgan fingerprint density at radius 3 is 2.23 bits per heavy atom. The number of likely N-dealkylation sites (tertiary alicyclic amines) is 1. The maximum absolute atomic E-state index is 13.8. The normalized spacial score (nSPS) is 17.1. The van der Waals surface area contributed by atoms with Crippen LogP contribution in [0.3, 0.4) is 0 Å². The Bertz CT molecular complexity index is 1140. The minimum Gasteiger partial charge on any atom is -0.508 e. The van der Waals surface area contributed by atoms with Crippen LogP contribution in [0.4, 0.5) is 0 Å². The highest BCUT2D eigenvalue weighted by Crippen LogP contribution is 2.21. The second-order valence-electron chi connectivity index (χ2n) is 10.1. The first kappa shape index (κ1) is 30.6. The third-order valence-corrected chi connectivity index (χ3v) is 7.03. The van der Waals surface area contributed by atoms with Crippen molar-refractivity contribution in [3.05, 3.63) is 65.7 Å². The molecule has 1 aliphatic rings. The van der Waals surface area contributed by atoms with Crippen LogP contribution in [-0.2, 0) is 32.0 Å². The number of phenols is 1. The van der Waals surface area contributed by atoms with Crippen molar-refractivity contribution in [1.29, 1.82) is 0 Å². The average Bonchev–Trinajstić information content (AvgIpc) is 3.44. The first-order valence-electron chi connectivity index (χ1n) is 13.6. The van der Waals surface area contributed by atoms with Gasteiger partial charge in [0.15, 0.2) is 0 Å². The number of benzene rings is 2. The van der Waals surface area contributed by atoms with E-state index < -0.39 is 47.9 Å². The van der Waals surface area contributed by atoms with Crippen LogP contribution in [0.15, 0.2) is 54.6 Å². The summed E-state index contributed by atoms with van der Waals surface area (Å²) in [5.41, 5.74) is 13.0. The summed E-state index contributed by atoms with van der Waals surface area (Å²) in [5, 5.41) is 24.7. The Morgan fingerprint density at radius 2 is 1.57 bits per heavy atom. The van der Waals surface area contributed by atoms with Crippen LogP contribution >= 0.6 is 0 Å². The van der Waals surface area contributed by atoms with Crippen molar-refractivity contribution in [3.63, 3.8) is 0 Å². The molecule has 1 fully saturated rings. The Labute approximate surface area is 233 Å². The van der Waals surface area contributed by atoms with E-state index >= 15 is 0 Å². The first-order valence-corrected chi connectivity index (χ1v) is 13.6. The van der Waals surface area contributed by atoms with Gasteiger partial charge in [-0.15, -0.1) is 0 Å². The number of carboxylic acid groups (broad SMARTS) is 1. The SMILES string of the molecule is NCCCCC(N)C(=O)NC(Cc1ccc(O)cc1)C(=O)N1CCCC1C(=O)NC(Cc1ccccc1)C(=O)O. The molecule has 1 aliphatic heterocycles. The minimum atomic E-state index is -1.17. The Balaban J connectivity index is 1.74. The molecule has 0 bridgehead atoms. The summed E-state index contributed by atoms with van der Waals surface area (Å²) in [6, 6.07) is 11.4. The third-order valence-electron chi connectivity index (χ3n) is 7.03. The van der Waals surface area contributed by atoms with Gasteiger partial charge < -0.3 is 37.2 Å². The maximum Gasteiger partial charge on any atom is 0.326 e. The zero-order chi connectivity index (χ0) is 29.1. The molecule has 0 spiro atoms. The molecule has 1 saturated heterocycles. The van der Waals surface area contributed by atoms with Crippen molar-refractivity contribution in [3.8, 4) is 5.75 Å². The number of aromatic hydroxyl groups is 1. The molecule has 0 radical (unpaired) electrons. The molecule has 0 saturated carbocycles. The van der Waals surface area contributed by atoms with Gasteiger partial charge in [0.2, 0.25) is 17.7 Å². The molecule has 11 heteroatoms. The van der Waals surface area contributed by atoms with Crippen molar-refractivity contribution in [2.75, 3.05) is 13.1 Å². The fourth-order valence-corrected chi connectivity index (χ4v) is 4.81. The summed E-state index contributed by atoms with van der Waals surface area (Å²) in [6.45, 7) is 0.778. The summed E-state index contributed by atoms with van der Waals surface area (Å²) in [5.74, 6) is -2.60. The molecule has 216 valence electrons. The molecule has 3 rings (SSSR count). The number of aliphatic carboxylic acids is 1. The number of nitrogens with one attached hydrogen (secondary N) is 2. The highest BCUT2D eigenvalue weighted by molar-refractivity contribution is 5.94. The Hall–Kier alpha value is -3.96. The molecule has 40 heavy (non-hydrogen) atoms. The lowest BCUT2D eigenvalue weighted by atomic mass is 10.0. The third kappa shape index (κ3) is 8.78. The standard InChI is InChI=1S/C29H39N5O6/c30-15-5-4-9-22(31)26(36)32-23(17-20-11-13-21(35)14-12-20)28(38)34-16-6-10-25(34)27(37)33-24(29(39)40)18-19-7-2-1-3-8-19/h1-3,7-8,11-14,22-25,35H,4-6,9-10,15-18,30-31H2,(H,32,36)(H,33,37)(H,39,40). The summed E-state index contributed by atoms with van der Waals surface area (Å²) in [6.07, 6.45) is 2.95. The van der Waals surface area contributed by atoms with E-state index in [2.05, 4.69) is 10.6 Å². The van der Waals surface area contributed by atoms with Crippen LogP contribution < -0.4 is 22.1 Å². The van der Waals surface area contributed by atoms with Crippen molar-refractivity contribution in [2.24, 2.45) is 11.5 Å². The average molecular weight is 554 g/mol. The lowest BCUT2D eigenvalue weighted by Gasteiger charge is -2.30. The number of rotatable bonds is 14. The molecular weight excluding hydrogens is 514 g/mol. The first-order chi connectivity index (χ1) is 19.2. The lowest BCUT2D eigenvalue weighted by Crippen LogP contribution is -2.57. The largest absolute Gasteiger partial charge is 0.508 e. The zero-order valence-electron chi connectivity index (χ0n) is 22.5. The van der Waals surface area contributed by atoms with E-state index in [0.717, 1.165) is 12.0 Å². The number of hydrogen-bond donors (Lipinski definition) is 6. The number of nitrogens with zero attached hydrogens (tertiary/aromatic N) is 1. The molecule has 11 nitrogen and oxygen atoms in total. The molecule has 1 heterocycles. The number of hydrogen-bond acceptors (Lipinski definition) is 7. The van der Waals surface area contributed by atoms with Crippen molar-refractivity contribution in [2.45, 2.75) is 69.1 Å². The van der Waals surface area contributed by atoms with Gasteiger partial charge in [0.1, 0.15) is 23.9 Å². The van der Waals surface area contributed by atoms with E-state index in [9.17, 15) is 29.4 Å². The van der Waals surface area contributed by atoms with Crippen LogP contribution in [0.5, 0.6) is 5.75 Å². The monoisotopic (exact) mass is 553 g/mol. The second-order valence-corrected chi connectivity index (χ2v) is 10.1. The number of phenolic OH excluding ortho intramolecular Hbond substituents is 1. The molecule has 4 unspecified atom stereocenters. The summed E-state index contributed by atoms with van der Waals surface area (Å²) < 4.78 is 0. The van der Waals surface area contributed by atoms with E-state index in [-0.39, 0.29) is 25.1 Å². The van der Waals surface area contributed by atoms with Gasteiger partial charge >= 0.3 is 5.97 Å². The predicted molar refractivity (Wildman–Crippen MR) is 149 cm³/mol. The van der Waals surface area contributed by atoms with Gasteiger partial charge in [-0.2, -0.15) is 0 Å². The maximum atomic E-state index is 13.8. The van der Waals surface area contributed by atoms with Gasteiger partial charge in [-0.25, -0.2) is 4.79 Å². The molecule has 2 aromatic rings. The number of carboxylic acids is 1. The van der Waals surface area contributed by atoms with Crippen molar-refractivity contribution >= 4 is 23.7 Å². The van der Waals surface area contributed by atoms with E-state index in [1.54, 1.807) is 36.4 Å². The van der Waals surface area contributed by atoms with Gasteiger partial charge in [-0.05, 0) is 55.5 Å². The summed E-state index contributed by atoms with van der Waals surface area (Å²) in [7, 11) is 0. The fraction of sp³-hybridized carbons (Fsp3) is 0.448. The zero-order valence-corrected chi connectivity index (χ0v) is 22.5. The van der Waals surface area contributed by atoms with Crippen LogP contribution in [0.25, 0.3) is 0 Å². The van der Waals surface area contributed by atoms with E-state index in [1.807, 2.05) is 6.07 Å². The van der Waals surface area contributed by atoms with Crippen LogP contribution in [0, 0.1) is 0 Å². The smallest absolute Gasteiger partial charge is 0.326 e. The van der Waals surface area contributed by atoms with E-state index in [0.29, 0.717) is 37.8 Å². The summed E-state index contributed by atoms with van der Waals surface area (Å²) in [4.78, 5) is 53.2. The molecule has 4 atom stereocenters. The highest BCUT2D eigenvalue weighted by atomic mass is 16.4. The van der Waals surface area contributed by atoms with Crippen LogP contribution in [-0.4, -0.2) is 76.1 Å². The number of amides is 3. The van der Waals surface area contributed by atoms with Crippen LogP contribution in [0.1, 0.15) is 43.2 Å². The van der Waals surface area contributed by atoms with Gasteiger partial charge in [0.25, 0.3) is 0 Å². The fourth-order valence-electron chi connectivity index (χ4n) is 4.81. The molecular formula is C29H39N5O6. The Kier molecular flexibility index (Phi) is 11.5. The highest BCUT2D eigenvalue weighted by Gasteiger charge is 2.39. The van der Waals surface area contributed by atoms with Gasteiger partial charge in [0.05, 0.1) is 6.04 Å². The Morgan fingerprint density at radius 1 is 0.925 bits per heavy atom. The van der Waals surface area contributed by atoms with Crippen molar-refractivity contribution in [1.82, 2.24) is 15.5 Å². The number of carbonyl (C=O) groups excluding carboxylic acids is 3. The number of unbranched alkanes of at least 4 members (excludes halogenated alkanes) is 1. The predicted octanol–water partition coefficient (Wildman–Crippen LogP) is 0.679. The topological polar surface area (TPSA) is 188 Å². The van der Waals surface area contributed by atoms with Gasteiger partial charge in [-0.3, -0.25) is 14.4 Å². The molecule has 2 aromatic carbocycles. The van der Waals surface area contributed by atoms with E-state index in [1.165, 1.54) is 17.0 Å². The number of carbonyl (C=O) groups is 4. The lowest BCUT2D eigenvalue weighted by molar-refractivity contribution is -0.144. The second kappa shape index (κ2) is 15.0. The van der Waals surface area contributed by atoms with Gasteiger partial charge in [0, 0.05) is 19.4 Å². The minimum absolute atomic E-state index is 0.0670. The quantitative estimate of drug-likeness (QED) is 0.184.